The fraction of sp³-hybridized carbons (Fsp3) is 0.227. The lowest BCUT2D eigenvalue weighted by Gasteiger charge is -2.10. The molecule has 30 heavy (non-hydrogen) atoms. The maximum atomic E-state index is 12.6. The van der Waals surface area contributed by atoms with Crippen molar-refractivity contribution in [2.24, 2.45) is 0 Å². The van der Waals surface area contributed by atoms with Crippen LogP contribution >= 0.6 is 0 Å². The van der Waals surface area contributed by atoms with Gasteiger partial charge in [-0.15, -0.1) is 0 Å². The Morgan fingerprint density at radius 2 is 1.70 bits per heavy atom. The SMILES string of the molecule is CCOC(=O)c1c(N)n(CCOc2ccc(OC)cc2)c2nc3ccccc3nc12. The molecule has 4 rings (SSSR count). The highest BCUT2D eigenvalue weighted by atomic mass is 16.5. The third kappa shape index (κ3) is 3.59. The molecule has 0 bridgehead atoms. The summed E-state index contributed by atoms with van der Waals surface area (Å²) in [5, 5.41) is 0. The van der Waals surface area contributed by atoms with Gasteiger partial charge in [-0.05, 0) is 43.3 Å². The first kappa shape index (κ1) is 19.5. The van der Waals surface area contributed by atoms with Crippen LogP contribution in [0.1, 0.15) is 17.3 Å². The molecule has 0 aliphatic heterocycles. The first-order chi connectivity index (χ1) is 14.6. The molecule has 0 saturated heterocycles. The molecule has 0 atom stereocenters. The van der Waals surface area contributed by atoms with E-state index in [9.17, 15) is 4.79 Å². The topological polar surface area (TPSA) is 101 Å². The van der Waals surface area contributed by atoms with Gasteiger partial charge in [0.1, 0.15) is 35.0 Å². The lowest BCUT2D eigenvalue weighted by atomic mass is 10.2. The molecule has 2 N–H and O–H groups in total. The van der Waals surface area contributed by atoms with E-state index in [1.807, 2.05) is 48.5 Å². The van der Waals surface area contributed by atoms with E-state index in [2.05, 4.69) is 4.98 Å². The Morgan fingerprint density at radius 3 is 2.37 bits per heavy atom. The van der Waals surface area contributed by atoms with Gasteiger partial charge in [0.15, 0.2) is 5.65 Å². The van der Waals surface area contributed by atoms with E-state index in [1.54, 1.807) is 18.6 Å². The molecule has 0 fully saturated rings. The number of nitrogens with two attached hydrogens (primary N) is 1. The first-order valence-electron chi connectivity index (χ1n) is 9.60. The molecular formula is C22H22N4O4. The normalized spacial score (nSPS) is 11.0. The highest BCUT2D eigenvalue weighted by Gasteiger charge is 2.24. The summed E-state index contributed by atoms with van der Waals surface area (Å²) in [4.78, 5) is 21.9. The molecule has 0 saturated carbocycles. The van der Waals surface area contributed by atoms with Crippen molar-refractivity contribution >= 4 is 34.0 Å². The number of methoxy groups -OCH3 is 1. The fourth-order valence-corrected chi connectivity index (χ4v) is 3.27. The lowest BCUT2D eigenvalue weighted by molar-refractivity contribution is 0.0529. The Kier molecular flexibility index (Phi) is 5.38. The molecule has 154 valence electrons. The van der Waals surface area contributed by atoms with Crippen LogP contribution in [0, 0.1) is 0 Å². The number of fused-ring (bicyclic) bond motifs is 2. The smallest absolute Gasteiger partial charge is 0.344 e. The van der Waals surface area contributed by atoms with E-state index in [-0.39, 0.29) is 18.0 Å². The van der Waals surface area contributed by atoms with Crippen LogP contribution in [0.25, 0.3) is 22.2 Å². The number of hydrogen-bond donors (Lipinski definition) is 1. The maximum absolute atomic E-state index is 12.6. The average molecular weight is 406 g/mol. The van der Waals surface area contributed by atoms with Crippen LogP contribution < -0.4 is 15.2 Å². The van der Waals surface area contributed by atoms with E-state index in [0.717, 1.165) is 11.3 Å². The van der Waals surface area contributed by atoms with Crippen molar-refractivity contribution in [1.82, 2.24) is 14.5 Å². The van der Waals surface area contributed by atoms with Crippen molar-refractivity contribution in [3.05, 3.63) is 54.1 Å². The number of anilines is 1. The minimum atomic E-state index is -0.514. The number of nitrogens with zero attached hydrogens (tertiary/aromatic N) is 3. The van der Waals surface area contributed by atoms with Crippen molar-refractivity contribution in [1.29, 1.82) is 0 Å². The van der Waals surface area contributed by atoms with Gasteiger partial charge in [0, 0.05) is 0 Å². The predicted octanol–water partition coefficient (Wildman–Crippen LogP) is 3.43. The number of hydrogen-bond acceptors (Lipinski definition) is 7. The molecule has 0 amide bonds. The second kappa shape index (κ2) is 8.28. The summed E-state index contributed by atoms with van der Waals surface area (Å²) in [6, 6.07) is 14.8. The van der Waals surface area contributed by atoms with Gasteiger partial charge in [0.05, 0.1) is 31.3 Å². The number of nitrogen functional groups attached to an aromatic ring is 1. The number of benzene rings is 2. The van der Waals surface area contributed by atoms with E-state index < -0.39 is 5.97 Å². The van der Waals surface area contributed by atoms with Crippen LogP contribution in [0.4, 0.5) is 5.82 Å². The van der Waals surface area contributed by atoms with Crippen molar-refractivity contribution in [3.63, 3.8) is 0 Å². The highest BCUT2D eigenvalue weighted by molar-refractivity contribution is 6.08. The summed E-state index contributed by atoms with van der Waals surface area (Å²) < 4.78 is 17.9. The molecule has 0 radical (unpaired) electrons. The summed E-state index contributed by atoms with van der Waals surface area (Å²) >= 11 is 0. The average Bonchev–Trinajstić information content (AvgIpc) is 3.03. The third-order valence-electron chi connectivity index (χ3n) is 4.71. The number of para-hydroxylation sites is 2. The van der Waals surface area contributed by atoms with E-state index >= 15 is 0 Å². The van der Waals surface area contributed by atoms with Gasteiger partial charge < -0.3 is 24.5 Å². The Morgan fingerprint density at radius 1 is 1.03 bits per heavy atom. The van der Waals surface area contributed by atoms with Gasteiger partial charge in [0.25, 0.3) is 0 Å². The number of esters is 1. The zero-order valence-electron chi connectivity index (χ0n) is 16.8. The highest BCUT2D eigenvalue weighted by Crippen LogP contribution is 2.28. The molecule has 8 heteroatoms. The quantitative estimate of drug-likeness (QED) is 0.469. The molecule has 0 aliphatic rings. The van der Waals surface area contributed by atoms with Crippen LogP contribution in [0.15, 0.2) is 48.5 Å². The number of aromatic nitrogens is 3. The standard InChI is InChI=1S/C22H22N4O4/c1-3-29-22(27)18-19-21(25-17-7-5-4-6-16(17)24-19)26(20(18)23)12-13-30-15-10-8-14(28-2)9-11-15/h4-11H,3,12-13,23H2,1-2H3. The summed E-state index contributed by atoms with van der Waals surface area (Å²) in [7, 11) is 1.61. The monoisotopic (exact) mass is 406 g/mol. The Labute approximate surface area is 173 Å². The van der Waals surface area contributed by atoms with E-state index in [0.29, 0.717) is 35.6 Å². The minimum absolute atomic E-state index is 0.231. The van der Waals surface area contributed by atoms with Crippen molar-refractivity contribution in [2.75, 3.05) is 26.1 Å². The molecule has 0 aliphatic carbocycles. The van der Waals surface area contributed by atoms with Gasteiger partial charge in [0.2, 0.25) is 0 Å². The molecular weight excluding hydrogens is 384 g/mol. The Hall–Kier alpha value is -3.81. The predicted molar refractivity (Wildman–Crippen MR) is 114 cm³/mol. The molecule has 0 unspecified atom stereocenters. The second-order valence-electron chi connectivity index (χ2n) is 6.54. The lowest BCUT2D eigenvalue weighted by Crippen LogP contribution is -2.13. The Bertz CT molecular complexity index is 1200. The van der Waals surface area contributed by atoms with Gasteiger partial charge in [-0.3, -0.25) is 0 Å². The van der Waals surface area contributed by atoms with Crippen molar-refractivity contribution in [2.45, 2.75) is 13.5 Å². The summed E-state index contributed by atoms with van der Waals surface area (Å²) in [5.41, 5.74) is 8.91. The molecule has 2 heterocycles. The van der Waals surface area contributed by atoms with Crippen LogP contribution in [0.2, 0.25) is 0 Å². The molecule has 4 aromatic rings. The van der Waals surface area contributed by atoms with Crippen LogP contribution in [0.5, 0.6) is 11.5 Å². The number of rotatable bonds is 7. The van der Waals surface area contributed by atoms with E-state index in [4.69, 9.17) is 24.9 Å². The fourth-order valence-electron chi connectivity index (χ4n) is 3.27. The van der Waals surface area contributed by atoms with Crippen molar-refractivity contribution in [3.8, 4) is 11.5 Å². The van der Waals surface area contributed by atoms with Crippen molar-refractivity contribution < 1.29 is 19.0 Å². The summed E-state index contributed by atoms with van der Waals surface area (Å²) in [6.07, 6.45) is 0. The Balaban J connectivity index is 1.69. The number of carbonyl (C=O) groups excluding carboxylic acids is 1. The van der Waals surface area contributed by atoms with Crippen LogP contribution in [-0.4, -0.2) is 40.8 Å². The zero-order valence-corrected chi connectivity index (χ0v) is 16.8. The number of carbonyl (C=O) groups is 1. The number of ether oxygens (including phenoxy) is 3. The first-order valence-corrected chi connectivity index (χ1v) is 9.60. The summed E-state index contributed by atoms with van der Waals surface area (Å²) in [6.45, 7) is 2.71. The van der Waals surface area contributed by atoms with Gasteiger partial charge in [-0.25, -0.2) is 14.8 Å². The van der Waals surface area contributed by atoms with Gasteiger partial charge >= 0.3 is 5.97 Å². The second-order valence-corrected chi connectivity index (χ2v) is 6.54. The van der Waals surface area contributed by atoms with E-state index in [1.165, 1.54) is 0 Å². The maximum Gasteiger partial charge on any atom is 0.344 e. The molecule has 2 aromatic carbocycles. The molecule has 2 aromatic heterocycles. The zero-order chi connectivity index (χ0) is 21.1. The third-order valence-corrected chi connectivity index (χ3v) is 4.71. The van der Waals surface area contributed by atoms with Crippen LogP contribution in [-0.2, 0) is 11.3 Å². The largest absolute Gasteiger partial charge is 0.497 e. The van der Waals surface area contributed by atoms with Crippen LogP contribution in [0.3, 0.4) is 0 Å². The molecule has 0 spiro atoms. The van der Waals surface area contributed by atoms with Gasteiger partial charge in [-0.2, -0.15) is 0 Å². The minimum Gasteiger partial charge on any atom is -0.497 e. The van der Waals surface area contributed by atoms with Gasteiger partial charge in [-0.1, -0.05) is 12.1 Å². The summed E-state index contributed by atoms with van der Waals surface area (Å²) in [5.74, 6) is 1.20. The molecule has 8 nitrogen and oxygen atoms in total.